The van der Waals surface area contributed by atoms with Gasteiger partial charge in [-0.15, -0.1) is 11.8 Å². The van der Waals surface area contributed by atoms with Crippen molar-refractivity contribution in [1.82, 2.24) is 4.90 Å². The molecular formula is C27H27N3O3S. The van der Waals surface area contributed by atoms with E-state index in [-0.39, 0.29) is 36.7 Å². The smallest absolute Gasteiger partial charge is 0.246 e. The number of nitrogens with zero attached hydrogens (tertiary/aromatic N) is 2. The van der Waals surface area contributed by atoms with Crippen LogP contribution in [-0.2, 0) is 14.4 Å². The van der Waals surface area contributed by atoms with Gasteiger partial charge in [-0.3, -0.25) is 14.4 Å². The second kappa shape index (κ2) is 10.6. The highest BCUT2D eigenvalue weighted by Crippen LogP contribution is 2.37. The van der Waals surface area contributed by atoms with Crippen LogP contribution in [0.15, 0.2) is 89.8 Å². The van der Waals surface area contributed by atoms with Gasteiger partial charge in [0.15, 0.2) is 0 Å². The molecule has 0 radical (unpaired) electrons. The van der Waals surface area contributed by atoms with Gasteiger partial charge in [-0.2, -0.15) is 0 Å². The van der Waals surface area contributed by atoms with Gasteiger partial charge in [0, 0.05) is 24.4 Å². The molecule has 0 saturated carbocycles. The average molecular weight is 474 g/mol. The van der Waals surface area contributed by atoms with Crippen LogP contribution in [0, 0.1) is 0 Å². The van der Waals surface area contributed by atoms with E-state index in [1.54, 1.807) is 18.0 Å². The number of hydrogen-bond acceptors (Lipinski definition) is 4. The Labute approximate surface area is 204 Å². The zero-order chi connectivity index (χ0) is 24.1. The van der Waals surface area contributed by atoms with Gasteiger partial charge in [-0.05, 0) is 36.8 Å². The minimum Gasteiger partial charge on any atom is -0.335 e. The van der Waals surface area contributed by atoms with Crippen molar-refractivity contribution in [3.63, 3.8) is 0 Å². The molecule has 174 valence electrons. The second-order valence-electron chi connectivity index (χ2n) is 8.30. The van der Waals surface area contributed by atoms with Crippen molar-refractivity contribution in [1.29, 1.82) is 0 Å². The van der Waals surface area contributed by atoms with E-state index in [1.165, 1.54) is 16.7 Å². The fourth-order valence-electron chi connectivity index (χ4n) is 4.05. The van der Waals surface area contributed by atoms with E-state index in [9.17, 15) is 14.4 Å². The van der Waals surface area contributed by atoms with Crippen LogP contribution in [0.3, 0.4) is 0 Å². The molecule has 1 heterocycles. The molecule has 0 aromatic heterocycles. The summed E-state index contributed by atoms with van der Waals surface area (Å²) in [6, 6.07) is 26.3. The average Bonchev–Trinajstić information content (AvgIpc) is 2.97. The summed E-state index contributed by atoms with van der Waals surface area (Å²) < 4.78 is 0. The van der Waals surface area contributed by atoms with Crippen molar-refractivity contribution in [2.45, 2.75) is 29.5 Å². The zero-order valence-electron chi connectivity index (χ0n) is 19.2. The van der Waals surface area contributed by atoms with Crippen LogP contribution >= 0.6 is 11.8 Å². The Kier molecular flexibility index (Phi) is 7.33. The summed E-state index contributed by atoms with van der Waals surface area (Å²) in [5, 5.41) is 2.38. The van der Waals surface area contributed by atoms with E-state index in [1.807, 2.05) is 85.8 Å². The number of carbonyl (C=O) groups excluding carboxylic acids is 3. The van der Waals surface area contributed by atoms with Crippen molar-refractivity contribution >= 4 is 40.9 Å². The lowest BCUT2D eigenvalue weighted by molar-refractivity contribution is -0.133. The summed E-state index contributed by atoms with van der Waals surface area (Å²) in [5.41, 5.74) is 2.12. The fraction of sp³-hybridized carbons (Fsp3) is 0.222. The van der Waals surface area contributed by atoms with Gasteiger partial charge in [0.1, 0.15) is 5.25 Å². The summed E-state index contributed by atoms with van der Waals surface area (Å²) in [7, 11) is 1.65. The molecule has 3 amide bonds. The number of fused-ring (bicyclic) bond motifs is 1. The van der Waals surface area contributed by atoms with Gasteiger partial charge < -0.3 is 15.1 Å². The molecule has 3 aromatic carbocycles. The first-order chi connectivity index (χ1) is 16.4. The Bertz CT molecular complexity index is 1170. The fourth-order valence-corrected chi connectivity index (χ4v) is 5.21. The van der Waals surface area contributed by atoms with E-state index in [4.69, 9.17) is 0 Å². The molecule has 0 fully saturated rings. The Morgan fingerprint density at radius 3 is 2.32 bits per heavy atom. The predicted octanol–water partition coefficient (Wildman–Crippen LogP) is 4.74. The van der Waals surface area contributed by atoms with E-state index in [2.05, 4.69) is 5.32 Å². The van der Waals surface area contributed by atoms with Crippen molar-refractivity contribution in [2.24, 2.45) is 0 Å². The van der Waals surface area contributed by atoms with Crippen LogP contribution in [0.4, 0.5) is 11.4 Å². The highest BCUT2D eigenvalue weighted by molar-refractivity contribution is 8.00. The Balaban J connectivity index is 1.56. The molecule has 0 unspecified atom stereocenters. The third kappa shape index (κ3) is 5.31. The van der Waals surface area contributed by atoms with E-state index in [0.717, 1.165) is 10.5 Å². The number of rotatable bonds is 6. The van der Waals surface area contributed by atoms with Crippen molar-refractivity contribution < 1.29 is 14.4 Å². The van der Waals surface area contributed by atoms with Gasteiger partial charge in [0.05, 0.1) is 17.9 Å². The highest BCUT2D eigenvalue weighted by atomic mass is 32.2. The van der Waals surface area contributed by atoms with Crippen LogP contribution in [0.25, 0.3) is 0 Å². The summed E-state index contributed by atoms with van der Waals surface area (Å²) in [6.07, 6.45) is 0.189. The van der Waals surface area contributed by atoms with Crippen molar-refractivity contribution in [2.75, 3.05) is 23.8 Å². The maximum atomic E-state index is 13.6. The summed E-state index contributed by atoms with van der Waals surface area (Å²) in [4.78, 5) is 43.4. The standard InChI is InChI=1S/C27H27N3O3S/c1-19-17-24(31)28-22-15-9-10-16-23(22)30(19)25(32)18-29(2)27(33)26(20-11-5-3-6-12-20)34-21-13-7-4-8-14-21/h3-16,19,26H,17-18H2,1-2H3,(H,28,31)/t19-,26-/m1/s1. The predicted molar refractivity (Wildman–Crippen MR) is 136 cm³/mol. The first kappa shape index (κ1) is 23.6. The van der Waals surface area contributed by atoms with Gasteiger partial charge in [0.25, 0.3) is 0 Å². The number of hydrogen-bond donors (Lipinski definition) is 1. The van der Waals surface area contributed by atoms with Crippen LogP contribution in [0.2, 0.25) is 0 Å². The number of likely N-dealkylation sites (N-methyl/N-ethyl adjacent to an activating group) is 1. The van der Waals surface area contributed by atoms with Gasteiger partial charge in [-0.25, -0.2) is 0 Å². The van der Waals surface area contributed by atoms with Crippen LogP contribution < -0.4 is 10.2 Å². The molecule has 4 rings (SSSR count). The maximum Gasteiger partial charge on any atom is 0.246 e. The zero-order valence-corrected chi connectivity index (χ0v) is 20.0. The van der Waals surface area contributed by atoms with Gasteiger partial charge in [-0.1, -0.05) is 60.7 Å². The molecule has 34 heavy (non-hydrogen) atoms. The molecule has 0 spiro atoms. The third-order valence-corrected chi connectivity index (χ3v) is 6.95. The highest BCUT2D eigenvalue weighted by Gasteiger charge is 2.32. The molecule has 7 heteroatoms. The van der Waals surface area contributed by atoms with Gasteiger partial charge in [0.2, 0.25) is 17.7 Å². The summed E-state index contributed by atoms with van der Waals surface area (Å²) in [6.45, 7) is 1.75. The van der Waals surface area contributed by atoms with Crippen LogP contribution in [0.5, 0.6) is 0 Å². The quantitative estimate of drug-likeness (QED) is 0.525. The monoisotopic (exact) mass is 473 g/mol. The summed E-state index contributed by atoms with van der Waals surface area (Å²) in [5.74, 6) is -0.523. The first-order valence-electron chi connectivity index (χ1n) is 11.2. The van der Waals surface area contributed by atoms with Crippen LogP contribution in [0.1, 0.15) is 24.2 Å². The minimum atomic E-state index is -0.488. The number of nitrogens with one attached hydrogen (secondary N) is 1. The van der Waals surface area contributed by atoms with E-state index >= 15 is 0 Å². The largest absolute Gasteiger partial charge is 0.335 e. The van der Waals surface area contributed by atoms with Gasteiger partial charge >= 0.3 is 0 Å². The number of amides is 3. The number of anilines is 2. The number of thioether (sulfide) groups is 1. The Morgan fingerprint density at radius 1 is 1.00 bits per heavy atom. The minimum absolute atomic E-state index is 0.0929. The first-order valence-corrected chi connectivity index (χ1v) is 12.0. The number of benzene rings is 3. The molecule has 0 saturated heterocycles. The molecule has 0 bridgehead atoms. The molecule has 2 atom stereocenters. The van der Waals surface area contributed by atoms with Crippen molar-refractivity contribution in [3.05, 3.63) is 90.5 Å². The Morgan fingerprint density at radius 2 is 1.62 bits per heavy atom. The number of carbonyl (C=O) groups is 3. The molecule has 6 nitrogen and oxygen atoms in total. The molecular weight excluding hydrogens is 446 g/mol. The van der Waals surface area contributed by atoms with Crippen molar-refractivity contribution in [3.8, 4) is 0 Å². The molecule has 1 aliphatic heterocycles. The van der Waals surface area contributed by atoms with E-state index < -0.39 is 5.25 Å². The molecule has 1 N–H and O–H groups in total. The SMILES string of the molecule is C[C@@H]1CC(=O)Nc2ccccc2N1C(=O)CN(C)C(=O)[C@H](Sc1ccccc1)c1ccccc1. The Hall–Kier alpha value is -3.58. The lowest BCUT2D eigenvalue weighted by Gasteiger charge is -2.30. The molecule has 3 aromatic rings. The molecule has 0 aliphatic carbocycles. The molecule has 1 aliphatic rings. The second-order valence-corrected chi connectivity index (χ2v) is 9.48. The number of para-hydroxylation sites is 2. The van der Waals surface area contributed by atoms with Crippen LogP contribution in [-0.4, -0.2) is 42.3 Å². The normalized spacial score (nSPS) is 16.1. The maximum absolute atomic E-state index is 13.6. The lowest BCUT2D eigenvalue weighted by Crippen LogP contribution is -2.46. The summed E-state index contributed by atoms with van der Waals surface area (Å²) >= 11 is 1.46. The third-order valence-electron chi connectivity index (χ3n) is 5.70. The van der Waals surface area contributed by atoms with E-state index in [0.29, 0.717) is 11.4 Å². The lowest BCUT2D eigenvalue weighted by atomic mass is 10.1. The topological polar surface area (TPSA) is 69.7 Å².